The molecule has 0 atom stereocenters. The van der Waals surface area contributed by atoms with E-state index in [1.54, 1.807) is 0 Å². The first-order valence-electron chi connectivity index (χ1n) is 3.94. The van der Waals surface area contributed by atoms with Crippen LogP contribution in [0.25, 0.3) is 0 Å². The molecule has 0 spiro atoms. The lowest BCUT2D eigenvalue weighted by Crippen LogP contribution is -2.21. The number of nitrogens with two attached hydrogens (primary N) is 1. The van der Waals surface area contributed by atoms with Gasteiger partial charge in [-0.3, -0.25) is 0 Å². The van der Waals surface area contributed by atoms with Gasteiger partial charge < -0.3 is 11.1 Å². The second-order valence-electron chi connectivity index (χ2n) is 2.49. The highest BCUT2D eigenvalue weighted by molar-refractivity contribution is 5.95. The number of hydrogen-bond donors (Lipinski definition) is 2. The van der Waals surface area contributed by atoms with E-state index in [0.29, 0.717) is 11.8 Å². The van der Waals surface area contributed by atoms with Crippen molar-refractivity contribution < 1.29 is 0 Å². The van der Waals surface area contributed by atoms with Crippen molar-refractivity contribution in [2.45, 2.75) is 19.8 Å². The van der Waals surface area contributed by atoms with Gasteiger partial charge >= 0.3 is 0 Å². The maximum atomic E-state index is 5.59. The zero-order chi connectivity index (χ0) is 8.10. The first-order valence-corrected chi connectivity index (χ1v) is 3.94. The van der Waals surface area contributed by atoms with E-state index in [4.69, 9.17) is 5.73 Å². The smallest absolute Gasteiger partial charge is 0.219 e. The molecule has 0 aromatic rings. The largest absolute Gasteiger partial charge is 0.387 e. The summed E-state index contributed by atoms with van der Waals surface area (Å²) in [5.74, 6) is 1.36. The van der Waals surface area contributed by atoms with Gasteiger partial charge in [-0.15, -0.1) is 12.4 Å². The Morgan fingerprint density at radius 3 is 3.00 bits per heavy atom. The van der Waals surface area contributed by atoms with Gasteiger partial charge in [0, 0.05) is 13.0 Å². The van der Waals surface area contributed by atoms with Gasteiger partial charge in [-0.2, -0.15) is 0 Å². The Morgan fingerprint density at radius 2 is 2.50 bits per heavy atom. The van der Waals surface area contributed by atoms with Crippen molar-refractivity contribution in [3.8, 4) is 0 Å². The van der Waals surface area contributed by atoms with Gasteiger partial charge in [-0.05, 0) is 6.42 Å². The Labute approximate surface area is 78.8 Å². The van der Waals surface area contributed by atoms with Crippen LogP contribution in [-0.2, 0) is 0 Å². The second kappa shape index (κ2) is 5.83. The molecular formula is C7H15ClN4. The molecule has 0 aromatic carbocycles. The summed E-state index contributed by atoms with van der Waals surface area (Å²) in [6.07, 6.45) is 1.88. The molecule has 1 heterocycles. The number of aliphatic imine (C=N–C) groups is 2. The fourth-order valence-electron chi connectivity index (χ4n) is 0.908. The lowest BCUT2D eigenvalue weighted by molar-refractivity contribution is 0.953. The van der Waals surface area contributed by atoms with Gasteiger partial charge in [0.25, 0.3) is 0 Å². The maximum absolute atomic E-state index is 5.59. The standard InChI is InChI=1S/C7H14N4.ClH/c1-2-3-6(8)11-7-9-4-5-10-7;/h2-5H2,1H3,(H3,8,9,10,11);1H. The van der Waals surface area contributed by atoms with E-state index in [2.05, 4.69) is 22.2 Å². The molecule has 1 aliphatic heterocycles. The average Bonchev–Trinajstić information content (AvgIpc) is 2.40. The van der Waals surface area contributed by atoms with Crippen LogP contribution in [0.5, 0.6) is 0 Å². The molecule has 0 fully saturated rings. The van der Waals surface area contributed by atoms with Crippen molar-refractivity contribution in [2.75, 3.05) is 13.1 Å². The summed E-state index contributed by atoms with van der Waals surface area (Å²) in [6.45, 7) is 3.78. The maximum Gasteiger partial charge on any atom is 0.219 e. The van der Waals surface area contributed by atoms with Crippen LogP contribution in [0.3, 0.4) is 0 Å². The van der Waals surface area contributed by atoms with E-state index in [1.165, 1.54) is 0 Å². The highest BCUT2D eigenvalue weighted by Crippen LogP contribution is 1.90. The van der Waals surface area contributed by atoms with Gasteiger partial charge in [0.1, 0.15) is 5.84 Å². The van der Waals surface area contributed by atoms with Crippen molar-refractivity contribution in [3.63, 3.8) is 0 Å². The predicted octanol–water partition coefficient (Wildman–Crippen LogP) is 0.525. The number of hydrogen-bond acceptors (Lipinski definition) is 3. The SMILES string of the molecule is CCC/C(N)=N/C1=NCCN1.Cl. The molecule has 0 saturated carbocycles. The number of nitrogens with zero attached hydrogens (tertiary/aromatic N) is 2. The van der Waals surface area contributed by atoms with Crippen molar-refractivity contribution in [3.05, 3.63) is 0 Å². The summed E-state index contributed by atoms with van der Waals surface area (Å²) in [4.78, 5) is 8.19. The molecule has 0 amide bonds. The fraction of sp³-hybridized carbons (Fsp3) is 0.714. The van der Waals surface area contributed by atoms with Crippen molar-refractivity contribution in [2.24, 2.45) is 15.7 Å². The summed E-state index contributed by atoms with van der Waals surface area (Å²) in [6, 6.07) is 0. The van der Waals surface area contributed by atoms with Crippen LogP contribution in [0.2, 0.25) is 0 Å². The summed E-state index contributed by atoms with van der Waals surface area (Å²) in [5, 5.41) is 3.03. The third kappa shape index (κ3) is 3.57. The molecule has 1 rings (SSSR count). The predicted molar refractivity (Wildman–Crippen MR) is 54.1 cm³/mol. The highest BCUT2D eigenvalue weighted by Gasteiger charge is 2.02. The highest BCUT2D eigenvalue weighted by atomic mass is 35.5. The average molecular weight is 191 g/mol. The monoisotopic (exact) mass is 190 g/mol. The summed E-state index contributed by atoms with van der Waals surface area (Å²) < 4.78 is 0. The van der Waals surface area contributed by atoms with Crippen LogP contribution >= 0.6 is 12.4 Å². The zero-order valence-electron chi connectivity index (χ0n) is 7.21. The van der Waals surface area contributed by atoms with Crippen molar-refractivity contribution >= 4 is 24.2 Å². The second-order valence-corrected chi connectivity index (χ2v) is 2.49. The quantitative estimate of drug-likeness (QED) is 0.493. The molecule has 5 heteroatoms. The number of halogens is 1. The van der Waals surface area contributed by atoms with Crippen LogP contribution in [-0.4, -0.2) is 24.9 Å². The Balaban J connectivity index is 0.00000121. The third-order valence-corrected chi connectivity index (χ3v) is 1.41. The fourth-order valence-corrected chi connectivity index (χ4v) is 0.908. The first kappa shape index (κ1) is 11.2. The molecule has 0 saturated heterocycles. The van der Waals surface area contributed by atoms with Gasteiger partial charge in [0.15, 0.2) is 0 Å². The van der Waals surface area contributed by atoms with Gasteiger partial charge in [0.2, 0.25) is 5.96 Å². The van der Waals surface area contributed by atoms with E-state index < -0.39 is 0 Å². The summed E-state index contributed by atoms with van der Waals surface area (Å²) >= 11 is 0. The molecule has 0 radical (unpaired) electrons. The van der Waals surface area contributed by atoms with E-state index in [1.807, 2.05) is 0 Å². The molecule has 1 aliphatic rings. The molecule has 0 bridgehead atoms. The molecule has 0 unspecified atom stereocenters. The zero-order valence-corrected chi connectivity index (χ0v) is 8.02. The van der Waals surface area contributed by atoms with E-state index >= 15 is 0 Å². The molecule has 70 valence electrons. The Bertz CT molecular complexity index is 188. The van der Waals surface area contributed by atoms with E-state index in [0.717, 1.165) is 25.9 Å². The minimum Gasteiger partial charge on any atom is -0.387 e. The number of nitrogens with one attached hydrogen (secondary N) is 1. The van der Waals surface area contributed by atoms with E-state index in [9.17, 15) is 0 Å². The van der Waals surface area contributed by atoms with Gasteiger partial charge in [-0.25, -0.2) is 9.98 Å². The van der Waals surface area contributed by atoms with Crippen LogP contribution in [0, 0.1) is 0 Å². The Hall–Kier alpha value is -0.770. The van der Waals surface area contributed by atoms with E-state index in [-0.39, 0.29) is 12.4 Å². The van der Waals surface area contributed by atoms with Crippen molar-refractivity contribution in [1.82, 2.24) is 5.32 Å². The molecule has 12 heavy (non-hydrogen) atoms. The minimum atomic E-state index is 0. The van der Waals surface area contributed by atoms with Crippen LogP contribution in [0.1, 0.15) is 19.8 Å². The van der Waals surface area contributed by atoms with Crippen LogP contribution in [0.4, 0.5) is 0 Å². The Kier molecular flexibility index (Phi) is 5.45. The van der Waals surface area contributed by atoms with Crippen LogP contribution in [0.15, 0.2) is 9.98 Å². The normalized spacial score (nSPS) is 16.4. The lowest BCUT2D eigenvalue weighted by atomic mass is 10.3. The topological polar surface area (TPSA) is 62.8 Å². The van der Waals surface area contributed by atoms with Crippen LogP contribution < -0.4 is 11.1 Å². The number of rotatable bonds is 2. The minimum absolute atomic E-state index is 0. The Morgan fingerprint density at radius 1 is 1.75 bits per heavy atom. The summed E-state index contributed by atoms with van der Waals surface area (Å²) in [5.41, 5.74) is 5.59. The van der Waals surface area contributed by atoms with Crippen molar-refractivity contribution in [1.29, 1.82) is 0 Å². The molecule has 0 aromatic heterocycles. The third-order valence-electron chi connectivity index (χ3n) is 1.41. The molecule has 0 aliphatic carbocycles. The molecule has 4 nitrogen and oxygen atoms in total. The number of guanidine groups is 1. The number of amidine groups is 1. The molecule has 3 N–H and O–H groups in total. The van der Waals surface area contributed by atoms with Gasteiger partial charge in [0.05, 0.1) is 6.54 Å². The lowest BCUT2D eigenvalue weighted by Gasteiger charge is -1.97. The van der Waals surface area contributed by atoms with Gasteiger partial charge in [-0.1, -0.05) is 6.92 Å². The molecular weight excluding hydrogens is 176 g/mol. The first-order chi connectivity index (χ1) is 5.33. The summed E-state index contributed by atoms with van der Waals surface area (Å²) in [7, 11) is 0.